The lowest BCUT2D eigenvalue weighted by Gasteiger charge is -2.03. The van der Waals surface area contributed by atoms with E-state index in [9.17, 15) is 0 Å². The van der Waals surface area contributed by atoms with Crippen LogP contribution in [0.15, 0.2) is 6.33 Å². The van der Waals surface area contributed by atoms with E-state index >= 15 is 0 Å². The van der Waals surface area contributed by atoms with Crippen molar-refractivity contribution in [1.82, 2.24) is 30.4 Å². The van der Waals surface area contributed by atoms with Gasteiger partial charge >= 0.3 is 0 Å². The number of aromatic amines is 2. The molecule has 0 bridgehead atoms. The Morgan fingerprint density at radius 1 is 1.25 bits per heavy atom. The fourth-order valence-electron chi connectivity index (χ4n) is 2.29. The molecule has 0 amide bonds. The third-order valence-electron chi connectivity index (χ3n) is 3.12. The van der Waals surface area contributed by atoms with Gasteiger partial charge in [-0.3, -0.25) is 10.2 Å². The van der Waals surface area contributed by atoms with Crippen molar-refractivity contribution in [2.75, 3.05) is 0 Å². The van der Waals surface area contributed by atoms with Crippen LogP contribution in [0.1, 0.15) is 31.5 Å². The molecule has 0 aliphatic heterocycles. The first kappa shape index (κ1) is 9.50. The van der Waals surface area contributed by atoms with Crippen LogP contribution in [0.25, 0.3) is 11.6 Å². The smallest absolute Gasteiger partial charge is 0.218 e. The van der Waals surface area contributed by atoms with E-state index in [0.29, 0.717) is 11.6 Å². The Morgan fingerprint density at radius 3 is 2.88 bits per heavy atom. The number of nitrogens with zero attached hydrogens (tertiary/aromatic N) is 4. The Bertz CT molecular complexity index is 440. The quantitative estimate of drug-likeness (QED) is 0.813. The summed E-state index contributed by atoms with van der Waals surface area (Å²) in [5.41, 5.74) is 0. The molecule has 0 saturated heterocycles. The fraction of sp³-hybridized carbons (Fsp3) is 0.600. The third kappa shape index (κ3) is 1.82. The summed E-state index contributed by atoms with van der Waals surface area (Å²) < 4.78 is 0. The Balaban J connectivity index is 1.72. The number of rotatable bonds is 3. The van der Waals surface area contributed by atoms with Crippen molar-refractivity contribution in [3.05, 3.63) is 12.2 Å². The van der Waals surface area contributed by atoms with E-state index in [0.717, 1.165) is 18.2 Å². The molecule has 2 heterocycles. The Labute approximate surface area is 92.9 Å². The molecule has 2 N–H and O–H groups in total. The highest BCUT2D eigenvalue weighted by Crippen LogP contribution is 2.27. The first-order valence-electron chi connectivity index (χ1n) is 5.69. The van der Waals surface area contributed by atoms with Gasteiger partial charge in [-0.05, 0) is 5.92 Å². The third-order valence-corrected chi connectivity index (χ3v) is 3.12. The van der Waals surface area contributed by atoms with Crippen LogP contribution >= 0.6 is 0 Å². The zero-order valence-electron chi connectivity index (χ0n) is 8.98. The molecule has 2 aromatic heterocycles. The topological polar surface area (TPSA) is 83.1 Å². The summed E-state index contributed by atoms with van der Waals surface area (Å²) in [4.78, 5) is 8.44. The molecule has 6 nitrogen and oxygen atoms in total. The van der Waals surface area contributed by atoms with E-state index in [1.54, 1.807) is 0 Å². The van der Waals surface area contributed by atoms with E-state index in [2.05, 4.69) is 30.4 Å². The molecule has 0 radical (unpaired) electrons. The summed E-state index contributed by atoms with van der Waals surface area (Å²) in [7, 11) is 0. The molecule has 0 unspecified atom stereocenters. The maximum absolute atomic E-state index is 4.42. The second-order valence-electron chi connectivity index (χ2n) is 4.29. The molecule has 3 rings (SSSR count). The Hall–Kier alpha value is -1.72. The average Bonchev–Trinajstić information content (AvgIpc) is 2.99. The van der Waals surface area contributed by atoms with Gasteiger partial charge in [0.15, 0.2) is 5.82 Å². The number of hydrogen-bond donors (Lipinski definition) is 2. The number of nitrogens with one attached hydrogen (secondary N) is 2. The Kier molecular flexibility index (Phi) is 2.40. The minimum atomic E-state index is 0.602. The van der Waals surface area contributed by atoms with Crippen LogP contribution in [0.3, 0.4) is 0 Å². The molecule has 0 atom stereocenters. The van der Waals surface area contributed by atoms with Crippen LogP contribution in [0.5, 0.6) is 0 Å². The summed E-state index contributed by atoms with van der Waals surface area (Å²) in [5, 5.41) is 13.6. The SMILES string of the molecule is c1n[nH]c(-c2n[nH]c(CC3CCCC3)n2)n1. The van der Waals surface area contributed by atoms with Gasteiger partial charge < -0.3 is 0 Å². The highest BCUT2D eigenvalue weighted by Gasteiger charge is 2.17. The summed E-state index contributed by atoms with van der Waals surface area (Å²) in [5.74, 6) is 2.95. The van der Waals surface area contributed by atoms with Crippen molar-refractivity contribution in [3.63, 3.8) is 0 Å². The molecule has 16 heavy (non-hydrogen) atoms. The summed E-state index contributed by atoms with van der Waals surface area (Å²) in [6, 6.07) is 0. The van der Waals surface area contributed by atoms with Crippen LogP contribution in [0.4, 0.5) is 0 Å². The zero-order chi connectivity index (χ0) is 10.8. The summed E-state index contributed by atoms with van der Waals surface area (Å²) >= 11 is 0. The van der Waals surface area contributed by atoms with Crippen LogP contribution < -0.4 is 0 Å². The molecular weight excluding hydrogens is 204 g/mol. The van der Waals surface area contributed by atoms with Crippen LogP contribution in [-0.4, -0.2) is 30.4 Å². The van der Waals surface area contributed by atoms with Gasteiger partial charge in [0.05, 0.1) is 0 Å². The van der Waals surface area contributed by atoms with Gasteiger partial charge in [-0.1, -0.05) is 25.7 Å². The van der Waals surface area contributed by atoms with Crippen molar-refractivity contribution < 1.29 is 0 Å². The number of hydrogen-bond acceptors (Lipinski definition) is 4. The predicted octanol–water partition coefficient (Wildman–Crippen LogP) is 1.32. The summed E-state index contributed by atoms with van der Waals surface area (Å²) in [6.07, 6.45) is 7.81. The molecule has 2 aromatic rings. The fourth-order valence-corrected chi connectivity index (χ4v) is 2.29. The Morgan fingerprint density at radius 2 is 2.12 bits per heavy atom. The van der Waals surface area contributed by atoms with Crippen LogP contribution in [-0.2, 0) is 6.42 Å². The molecule has 0 spiro atoms. The molecule has 84 valence electrons. The lowest BCUT2D eigenvalue weighted by atomic mass is 10.0. The molecule has 6 heteroatoms. The van der Waals surface area contributed by atoms with Gasteiger partial charge in [0.1, 0.15) is 12.2 Å². The van der Waals surface area contributed by atoms with Crippen LogP contribution in [0.2, 0.25) is 0 Å². The standard InChI is InChI=1S/C10H14N6/c1-2-4-7(3-1)5-8-13-10(16-14-8)9-11-6-12-15-9/h6-7H,1-5H2,(H,11,12,15)(H,13,14,16). The first-order valence-corrected chi connectivity index (χ1v) is 5.69. The van der Waals surface area contributed by atoms with Crippen molar-refractivity contribution in [1.29, 1.82) is 0 Å². The number of H-pyrrole nitrogens is 2. The average molecular weight is 218 g/mol. The lowest BCUT2D eigenvalue weighted by Crippen LogP contribution is -2.00. The van der Waals surface area contributed by atoms with Gasteiger partial charge in [0, 0.05) is 6.42 Å². The molecule has 1 saturated carbocycles. The molecule has 1 aliphatic carbocycles. The van der Waals surface area contributed by atoms with E-state index in [1.807, 2.05) is 0 Å². The maximum Gasteiger partial charge on any atom is 0.218 e. The zero-order valence-corrected chi connectivity index (χ0v) is 8.98. The second-order valence-corrected chi connectivity index (χ2v) is 4.29. The van der Waals surface area contributed by atoms with Gasteiger partial charge in [-0.25, -0.2) is 9.97 Å². The highest BCUT2D eigenvalue weighted by atomic mass is 15.3. The highest BCUT2D eigenvalue weighted by molar-refractivity contribution is 5.40. The summed E-state index contributed by atoms with van der Waals surface area (Å²) in [6.45, 7) is 0. The molecule has 0 aromatic carbocycles. The minimum absolute atomic E-state index is 0.602. The molecular formula is C10H14N6. The lowest BCUT2D eigenvalue weighted by molar-refractivity contribution is 0.531. The minimum Gasteiger partial charge on any atom is -0.263 e. The number of aromatic nitrogens is 6. The van der Waals surface area contributed by atoms with E-state index in [1.165, 1.54) is 32.0 Å². The van der Waals surface area contributed by atoms with Crippen molar-refractivity contribution >= 4 is 0 Å². The van der Waals surface area contributed by atoms with Crippen molar-refractivity contribution in [3.8, 4) is 11.6 Å². The van der Waals surface area contributed by atoms with E-state index < -0.39 is 0 Å². The van der Waals surface area contributed by atoms with Crippen molar-refractivity contribution in [2.45, 2.75) is 32.1 Å². The van der Waals surface area contributed by atoms with Gasteiger partial charge in [0.2, 0.25) is 5.82 Å². The normalized spacial score (nSPS) is 17.0. The van der Waals surface area contributed by atoms with Gasteiger partial charge in [-0.15, -0.1) is 5.10 Å². The molecule has 1 fully saturated rings. The van der Waals surface area contributed by atoms with Gasteiger partial charge in [-0.2, -0.15) is 5.10 Å². The maximum atomic E-state index is 4.42. The van der Waals surface area contributed by atoms with E-state index in [-0.39, 0.29) is 0 Å². The largest absolute Gasteiger partial charge is 0.263 e. The predicted molar refractivity (Wildman–Crippen MR) is 57.4 cm³/mol. The molecule has 1 aliphatic rings. The monoisotopic (exact) mass is 218 g/mol. The van der Waals surface area contributed by atoms with Gasteiger partial charge in [0.25, 0.3) is 0 Å². The van der Waals surface area contributed by atoms with Crippen molar-refractivity contribution in [2.24, 2.45) is 5.92 Å². The van der Waals surface area contributed by atoms with Crippen LogP contribution in [0, 0.1) is 5.92 Å². The van der Waals surface area contributed by atoms with E-state index in [4.69, 9.17) is 0 Å². The second kappa shape index (κ2) is 4.03. The first-order chi connectivity index (χ1) is 7.92.